The predicted octanol–water partition coefficient (Wildman–Crippen LogP) is 3.34. The van der Waals surface area contributed by atoms with Crippen LogP contribution in [0, 0.1) is 0 Å². The van der Waals surface area contributed by atoms with Crippen LogP contribution in [0.1, 0.15) is 38.3 Å². The molecule has 14 heavy (non-hydrogen) atoms. The minimum atomic E-state index is 0.339. The molecule has 0 aromatic heterocycles. The van der Waals surface area contributed by atoms with Crippen molar-refractivity contribution in [1.82, 2.24) is 0 Å². The number of hydrogen-bond acceptors (Lipinski definition) is 1. The van der Waals surface area contributed by atoms with Gasteiger partial charge in [-0.1, -0.05) is 32.9 Å². The maximum Gasteiger partial charge on any atom is 0.0378 e. The monoisotopic (exact) mass is 189 g/mol. The van der Waals surface area contributed by atoms with E-state index in [0.29, 0.717) is 5.41 Å². The summed E-state index contributed by atoms with van der Waals surface area (Å²) < 4.78 is 0. The molecule has 1 N–H and O–H groups in total. The minimum Gasteiger partial charge on any atom is -0.385 e. The average molecular weight is 189 g/mol. The van der Waals surface area contributed by atoms with Gasteiger partial charge in [-0.25, -0.2) is 0 Å². The van der Waals surface area contributed by atoms with E-state index in [9.17, 15) is 0 Å². The SMILES string of the molecule is CCc1ccc2c(c1)C(C)(C)CCN2. The first-order chi connectivity index (χ1) is 6.63. The van der Waals surface area contributed by atoms with Crippen molar-refractivity contribution >= 4 is 5.69 Å². The molecule has 1 heteroatoms. The Hall–Kier alpha value is -0.980. The van der Waals surface area contributed by atoms with Crippen LogP contribution in [0.3, 0.4) is 0 Å². The van der Waals surface area contributed by atoms with Crippen LogP contribution in [-0.4, -0.2) is 6.54 Å². The third-order valence-electron chi connectivity index (χ3n) is 3.29. The van der Waals surface area contributed by atoms with Crippen LogP contribution >= 0.6 is 0 Å². The maximum atomic E-state index is 3.47. The van der Waals surface area contributed by atoms with Crippen LogP contribution in [0.2, 0.25) is 0 Å². The zero-order valence-electron chi connectivity index (χ0n) is 9.35. The first-order valence-corrected chi connectivity index (χ1v) is 5.51. The number of aryl methyl sites for hydroxylation is 1. The highest BCUT2D eigenvalue weighted by Gasteiger charge is 2.26. The van der Waals surface area contributed by atoms with E-state index < -0.39 is 0 Å². The number of anilines is 1. The highest BCUT2D eigenvalue weighted by molar-refractivity contribution is 5.57. The summed E-state index contributed by atoms with van der Waals surface area (Å²) in [6, 6.07) is 6.82. The van der Waals surface area contributed by atoms with Gasteiger partial charge in [-0.15, -0.1) is 0 Å². The number of hydrogen-bond donors (Lipinski definition) is 1. The molecule has 0 aliphatic carbocycles. The lowest BCUT2D eigenvalue weighted by Crippen LogP contribution is -2.28. The summed E-state index contributed by atoms with van der Waals surface area (Å²) >= 11 is 0. The lowest BCUT2D eigenvalue weighted by atomic mass is 9.77. The van der Waals surface area contributed by atoms with E-state index in [-0.39, 0.29) is 0 Å². The topological polar surface area (TPSA) is 12.0 Å². The number of rotatable bonds is 1. The molecule has 0 spiro atoms. The molecule has 0 bridgehead atoms. The van der Waals surface area contributed by atoms with E-state index in [4.69, 9.17) is 0 Å². The van der Waals surface area contributed by atoms with Gasteiger partial charge in [-0.3, -0.25) is 0 Å². The van der Waals surface area contributed by atoms with Crippen LogP contribution in [0.15, 0.2) is 18.2 Å². The van der Waals surface area contributed by atoms with Crippen LogP contribution in [0.4, 0.5) is 5.69 Å². The Morgan fingerprint density at radius 1 is 1.36 bits per heavy atom. The first-order valence-electron chi connectivity index (χ1n) is 5.51. The first kappa shape index (κ1) is 9.57. The Balaban J connectivity index is 2.49. The summed E-state index contributed by atoms with van der Waals surface area (Å²) in [5.74, 6) is 0. The Bertz CT molecular complexity index is 339. The van der Waals surface area contributed by atoms with Gasteiger partial charge in [-0.2, -0.15) is 0 Å². The molecule has 1 nitrogen and oxygen atoms in total. The summed E-state index contributed by atoms with van der Waals surface area (Å²) in [5, 5.41) is 3.47. The van der Waals surface area contributed by atoms with Crippen LogP contribution in [0.5, 0.6) is 0 Å². The molecule has 0 saturated carbocycles. The zero-order chi connectivity index (χ0) is 10.2. The highest BCUT2D eigenvalue weighted by Crippen LogP contribution is 2.36. The highest BCUT2D eigenvalue weighted by atomic mass is 14.9. The smallest absolute Gasteiger partial charge is 0.0378 e. The molecular weight excluding hydrogens is 170 g/mol. The van der Waals surface area contributed by atoms with Gasteiger partial charge in [0.15, 0.2) is 0 Å². The van der Waals surface area contributed by atoms with E-state index in [2.05, 4.69) is 44.3 Å². The molecule has 0 amide bonds. The molecule has 76 valence electrons. The predicted molar refractivity (Wildman–Crippen MR) is 62.0 cm³/mol. The molecule has 0 saturated heterocycles. The molecule has 0 radical (unpaired) electrons. The van der Waals surface area contributed by atoms with Crippen molar-refractivity contribution < 1.29 is 0 Å². The van der Waals surface area contributed by atoms with E-state index in [1.807, 2.05) is 0 Å². The Morgan fingerprint density at radius 3 is 2.86 bits per heavy atom. The molecule has 0 fully saturated rings. The van der Waals surface area contributed by atoms with Crippen LogP contribution in [0.25, 0.3) is 0 Å². The second kappa shape index (κ2) is 3.30. The van der Waals surface area contributed by atoms with Gasteiger partial charge in [0.2, 0.25) is 0 Å². The van der Waals surface area contributed by atoms with Gasteiger partial charge in [0.1, 0.15) is 0 Å². The number of nitrogens with one attached hydrogen (secondary N) is 1. The Morgan fingerprint density at radius 2 is 2.14 bits per heavy atom. The third kappa shape index (κ3) is 1.52. The Kier molecular flexibility index (Phi) is 2.26. The fourth-order valence-corrected chi connectivity index (χ4v) is 2.17. The number of fused-ring (bicyclic) bond motifs is 1. The van der Waals surface area contributed by atoms with E-state index in [1.165, 1.54) is 23.2 Å². The van der Waals surface area contributed by atoms with Gasteiger partial charge < -0.3 is 5.32 Å². The van der Waals surface area contributed by atoms with E-state index in [1.54, 1.807) is 0 Å². The van der Waals surface area contributed by atoms with Gasteiger partial charge in [0, 0.05) is 12.2 Å². The quantitative estimate of drug-likeness (QED) is 0.714. The third-order valence-corrected chi connectivity index (χ3v) is 3.29. The normalized spacial score (nSPS) is 18.5. The van der Waals surface area contributed by atoms with Crippen molar-refractivity contribution in [1.29, 1.82) is 0 Å². The molecular formula is C13H19N. The van der Waals surface area contributed by atoms with Gasteiger partial charge in [0.25, 0.3) is 0 Å². The van der Waals surface area contributed by atoms with Gasteiger partial charge >= 0.3 is 0 Å². The molecule has 1 aliphatic rings. The minimum absolute atomic E-state index is 0.339. The molecule has 2 rings (SSSR count). The summed E-state index contributed by atoms with van der Waals surface area (Å²) in [4.78, 5) is 0. The summed E-state index contributed by atoms with van der Waals surface area (Å²) in [6.07, 6.45) is 2.36. The lowest BCUT2D eigenvalue weighted by molar-refractivity contribution is 0.481. The van der Waals surface area contributed by atoms with Gasteiger partial charge in [0.05, 0.1) is 0 Å². The average Bonchev–Trinajstić information content (AvgIpc) is 2.17. The van der Waals surface area contributed by atoms with Crippen molar-refractivity contribution in [3.05, 3.63) is 29.3 Å². The second-order valence-electron chi connectivity index (χ2n) is 4.79. The van der Waals surface area contributed by atoms with Crippen LogP contribution < -0.4 is 5.32 Å². The van der Waals surface area contributed by atoms with Crippen molar-refractivity contribution in [2.24, 2.45) is 0 Å². The maximum absolute atomic E-state index is 3.47. The summed E-state index contributed by atoms with van der Waals surface area (Å²) in [7, 11) is 0. The lowest BCUT2D eigenvalue weighted by Gasteiger charge is -2.33. The van der Waals surface area contributed by atoms with Crippen molar-refractivity contribution in [3.63, 3.8) is 0 Å². The molecule has 0 unspecified atom stereocenters. The fourth-order valence-electron chi connectivity index (χ4n) is 2.17. The van der Waals surface area contributed by atoms with Crippen molar-refractivity contribution in [2.45, 2.75) is 39.0 Å². The second-order valence-corrected chi connectivity index (χ2v) is 4.79. The summed E-state index contributed by atoms with van der Waals surface area (Å²) in [6.45, 7) is 7.99. The van der Waals surface area contributed by atoms with Crippen molar-refractivity contribution in [3.8, 4) is 0 Å². The fraction of sp³-hybridized carbons (Fsp3) is 0.538. The van der Waals surface area contributed by atoms with Crippen LogP contribution in [-0.2, 0) is 11.8 Å². The standard InChI is InChI=1S/C13H19N/c1-4-10-5-6-12-11(9-10)13(2,3)7-8-14-12/h5-6,9,14H,4,7-8H2,1-3H3. The molecule has 1 heterocycles. The molecule has 1 aliphatic heterocycles. The zero-order valence-corrected chi connectivity index (χ0v) is 9.35. The molecule has 0 atom stereocenters. The summed E-state index contributed by atoms with van der Waals surface area (Å²) in [5.41, 5.74) is 4.60. The molecule has 1 aromatic carbocycles. The van der Waals surface area contributed by atoms with Crippen molar-refractivity contribution in [2.75, 3.05) is 11.9 Å². The Labute approximate surface area is 86.5 Å². The van der Waals surface area contributed by atoms with E-state index in [0.717, 1.165) is 13.0 Å². The van der Waals surface area contributed by atoms with E-state index >= 15 is 0 Å². The molecule has 1 aromatic rings. The largest absolute Gasteiger partial charge is 0.385 e. The van der Waals surface area contributed by atoms with Gasteiger partial charge in [-0.05, 0) is 35.4 Å². The number of benzene rings is 1.